The van der Waals surface area contributed by atoms with E-state index in [9.17, 15) is 0 Å². The lowest BCUT2D eigenvalue weighted by Gasteiger charge is -2.16. The minimum absolute atomic E-state index is 0.172. The Morgan fingerprint density at radius 2 is 1.70 bits per heavy atom. The molecule has 1 unspecified atom stereocenters. The molecule has 0 fully saturated rings. The number of aromatic nitrogens is 2. The summed E-state index contributed by atoms with van der Waals surface area (Å²) in [6.45, 7) is 7.45. The summed E-state index contributed by atoms with van der Waals surface area (Å²) in [6.07, 6.45) is 4.51. The third-order valence-corrected chi connectivity index (χ3v) is 3.43. The summed E-state index contributed by atoms with van der Waals surface area (Å²) in [7, 11) is 0. The molecule has 0 aliphatic rings. The molecule has 0 aliphatic heterocycles. The van der Waals surface area contributed by atoms with Crippen LogP contribution in [0.3, 0.4) is 0 Å². The Morgan fingerprint density at radius 3 is 2.25 bits per heavy atom. The van der Waals surface area contributed by atoms with Crippen LogP contribution in [-0.4, -0.2) is 16.5 Å². The van der Waals surface area contributed by atoms with Crippen molar-refractivity contribution >= 4 is 0 Å². The maximum atomic E-state index is 4.37. The third-order valence-electron chi connectivity index (χ3n) is 3.43. The van der Waals surface area contributed by atoms with Gasteiger partial charge in [-0.1, -0.05) is 45.0 Å². The molecule has 3 heteroatoms. The lowest BCUT2D eigenvalue weighted by atomic mass is 9.99. The molecule has 20 heavy (non-hydrogen) atoms. The van der Waals surface area contributed by atoms with E-state index in [-0.39, 0.29) is 6.04 Å². The number of nitrogens with zero attached hydrogens (tertiary/aromatic N) is 2. The van der Waals surface area contributed by atoms with Crippen molar-refractivity contribution in [3.8, 4) is 0 Å². The van der Waals surface area contributed by atoms with Crippen molar-refractivity contribution < 1.29 is 0 Å². The lowest BCUT2D eigenvalue weighted by molar-refractivity contribution is 0.521. The standard InChI is InChI=1S/C17H23N3/c1-4-18-16(17-19-10-5-11-20-17)12-14-6-8-15(9-7-14)13(2)3/h5-11,13,16,18H,4,12H2,1-3H3. The van der Waals surface area contributed by atoms with E-state index in [0.29, 0.717) is 5.92 Å². The highest BCUT2D eigenvalue weighted by atomic mass is 15.0. The molecule has 1 atom stereocenters. The zero-order chi connectivity index (χ0) is 14.4. The predicted molar refractivity (Wildman–Crippen MR) is 82.7 cm³/mol. The summed E-state index contributed by atoms with van der Waals surface area (Å²) in [6, 6.07) is 10.9. The molecule has 3 nitrogen and oxygen atoms in total. The Bertz CT molecular complexity index is 506. The van der Waals surface area contributed by atoms with Gasteiger partial charge in [0, 0.05) is 12.4 Å². The average Bonchev–Trinajstić information content (AvgIpc) is 2.48. The Labute approximate surface area is 121 Å². The van der Waals surface area contributed by atoms with E-state index in [1.165, 1.54) is 11.1 Å². The number of benzene rings is 1. The van der Waals surface area contributed by atoms with E-state index in [2.05, 4.69) is 60.3 Å². The molecule has 0 saturated carbocycles. The molecular weight excluding hydrogens is 246 g/mol. The second-order valence-electron chi connectivity index (χ2n) is 5.32. The van der Waals surface area contributed by atoms with E-state index in [1.54, 1.807) is 12.4 Å². The second-order valence-corrected chi connectivity index (χ2v) is 5.32. The zero-order valence-corrected chi connectivity index (χ0v) is 12.5. The minimum atomic E-state index is 0.172. The van der Waals surface area contributed by atoms with Crippen molar-refractivity contribution in [2.45, 2.75) is 39.2 Å². The highest BCUT2D eigenvalue weighted by molar-refractivity contribution is 5.25. The van der Waals surface area contributed by atoms with Crippen molar-refractivity contribution in [2.75, 3.05) is 6.54 Å². The molecule has 106 valence electrons. The Balaban J connectivity index is 2.12. The van der Waals surface area contributed by atoms with Gasteiger partial charge in [-0.3, -0.25) is 0 Å². The maximum absolute atomic E-state index is 4.37. The van der Waals surface area contributed by atoms with Crippen LogP contribution in [0.5, 0.6) is 0 Å². The molecular formula is C17H23N3. The number of hydrogen-bond donors (Lipinski definition) is 1. The molecule has 0 bridgehead atoms. The minimum Gasteiger partial charge on any atom is -0.307 e. The first kappa shape index (κ1) is 14.7. The predicted octanol–water partition coefficient (Wildman–Crippen LogP) is 3.49. The summed E-state index contributed by atoms with van der Waals surface area (Å²) in [4.78, 5) is 8.73. The third kappa shape index (κ3) is 3.87. The summed E-state index contributed by atoms with van der Waals surface area (Å²) >= 11 is 0. The molecule has 0 amide bonds. The van der Waals surface area contributed by atoms with Gasteiger partial charge in [-0.25, -0.2) is 9.97 Å². The van der Waals surface area contributed by atoms with Crippen LogP contribution < -0.4 is 5.32 Å². The van der Waals surface area contributed by atoms with Gasteiger partial charge in [0.05, 0.1) is 6.04 Å². The van der Waals surface area contributed by atoms with Crippen LogP contribution in [0.2, 0.25) is 0 Å². The molecule has 0 spiro atoms. The fourth-order valence-corrected chi connectivity index (χ4v) is 2.27. The summed E-state index contributed by atoms with van der Waals surface area (Å²) in [5, 5.41) is 3.46. The van der Waals surface area contributed by atoms with Gasteiger partial charge in [-0.2, -0.15) is 0 Å². The lowest BCUT2D eigenvalue weighted by Crippen LogP contribution is -2.24. The van der Waals surface area contributed by atoms with E-state index in [4.69, 9.17) is 0 Å². The van der Waals surface area contributed by atoms with Crippen LogP contribution in [0.1, 0.15) is 49.7 Å². The van der Waals surface area contributed by atoms with Gasteiger partial charge in [-0.05, 0) is 36.1 Å². The number of rotatable bonds is 6. The number of hydrogen-bond acceptors (Lipinski definition) is 3. The van der Waals surface area contributed by atoms with E-state index in [1.807, 2.05) is 6.07 Å². The first-order valence-corrected chi connectivity index (χ1v) is 7.29. The summed E-state index contributed by atoms with van der Waals surface area (Å²) in [5.41, 5.74) is 2.69. The van der Waals surface area contributed by atoms with Gasteiger partial charge in [0.25, 0.3) is 0 Å². The SMILES string of the molecule is CCNC(Cc1ccc(C(C)C)cc1)c1ncccn1. The van der Waals surface area contributed by atoms with Crippen molar-refractivity contribution in [1.29, 1.82) is 0 Å². The van der Waals surface area contributed by atoms with E-state index < -0.39 is 0 Å². The molecule has 1 aromatic carbocycles. The number of nitrogens with one attached hydrogen (secondary N) is 1. The first-order valence-electron chi connectivity index (χ1n) is 7.29. The average molecular weight is 269 g/mol. The molecule has 0 radical (unpaired) electrons. The van der Waals surface area contributed by atoms with Crippen molar-refractivity contribution in [3.05, 3.63) is 59.7 Å². The van der Waals surface area contributed by atoms with E-state index in [0.717, 1.165) is 18.8 Å². The van der Waals surface area contributed by atoms with Crippen LogP contribution >= 0.6 is 0 Å². The molecule has 1 aromatic heterocycles. The monoisotopic (exact) mass is 269 g/mol. The summed E-state index contributed by atoms with van der Waals surface area (Å²) in [5.74, 6) is 1.44. The van der Waals surface area contributed by atoms with Crippen molar-refractivity contribution in [2.24, 2.45) is 0 Å². The van der Waals surface area contributed by atoms with Gasteiger partial charge < -0.3 is 5.32 Å². The Kier molecular flexibility index (Phi) is 5.24. The maximum Gasteiger partial charge on any atom is 0.145 e. The van der Waals surface area contributed by atoms with Gasteiger partial charge in [0.1, 0.15) is 5.82 Å². The van der Waals surface area contributed by atoms with Crippen LogP contribution in [0.4, 0.5) is 0 Å². The van der Waals surface area contributed by atoms with Crippen LogP contribution in [-0.2, 0) is 6.42 Å². The molecule has 0 saturated heterocycles. The van der Waals surface area contributed by atoms with Crippen LogP contribution in [0.15, 0.2) is 42.7 Å². The molecule has 0 aliphatic carbocycles. The van der Waals surface area contributed by atoms with Gasteiger partial charge in [-0.15, -0.1) is 0 Å². The van der Waals surface area contributed by atoms with Gasteiger partial charge in [0.15, 0.2) is 0 Å². The fourth-order valence-electron chi connectivity index (χ4n) is 2.27. The number of likely N-dealkylation sites (N-methyl/N-ethyl adjacent to an activating group) is 1. The molecule has 1 N–H and O–H groups in total. The van der Waals surface area contributed by atoms with Gasteiger partial charge >= 0.3 is 0 Å². The topological polar surface area (TPSA) is 37.8 Å². The first-order chi connectivity index (χ1) is 9.70. The quantitative estimate of drug-likeness (QED) is 0.872. The second kappa shape index (κ2) is 7.15. The van der Waals surface area contributed by atoms with Crippen LogP contribution in [0.25, 0.3) is 0 Å². The summed E-state index contributed by atoms with van der Waals surface area (Å²) < 4.78 is 0. The van der Waals surface area contributed by atoms with E-state index >= 15 is 0 Å². The Hall–Kier alpha value is -1.74. The van der Waals surface area contributed by atoms with Crippen LogP contribution in [0, 0.1) is 0 Å². The van der Waals surface area contributed by atoms with Gasteiger partial charge in [0.2, 0.25) is 0 Å². The molecule has 2 rings (SSSR count). The fraction of sp³-hybridized carbons (Fsp3) is 0.412. The highest BCUT2D eigenvalue weighted by Crippen LogP contribution is 2.18. The van der Waals surface area contributed by atoms with Crippen molar-refractivity contribution in [3.63, 3.8) is 0 Å². The Morgan fingerprint density at radius 1 is 1.05 bits per heavy atom. The highest BCUT2D eigenvalue weighted by Gasteiger charge is 2.13. The normalized spacial score (nSPS) is 12.6. The molecule has 2 aromatic rings. The van der Waals surface area contributed by atoms with Crippen molar-refractivity contribution in [1.82, 2.24) is 15.3 Å². The smallest absolute Gasteiger partial charge is 0.145 e. The molecule has 1 heterocycles. The zero-order valence-electron chi connectivity index (χ0n) is 12.5. The largest absolute Gasteiger partial charge is 0.307 e.